The number of likely N-dealkylation sites (tertiary alicyclic amines) is 1. The highest BCUT2D eigenvalue weighted by atomic mass is 16.2. The Morgan fingerprint density at radius 1 is 1.35 bits per heavy atom. The molecule has 5 heteroatoms. The molecule has 2 heterocycles. The average molecular weight is 314 g/mol. The number of hydrogen-bond acceptors (Lipinski definition) is 4. The van der Waals surface area contributed by atoms with E-state index >= 15 is 0 Å². The second-order valence-corrected chi connectivity index (χ2v) is 7.55. The molecule has 3 N–H and O–H groups in total. The number of nitrogens with two attached hydrogens (primary N) is 1. The van der Waals surface area contributed by atoms with Gasteiger partial charge in [0.05, 0.1) is 17.2 Å². The van der Waals surface area contributed by atoms with Gasteiger partial charge in [-0.1, -0.05) is 6.07 Å². The summed E-state index contributed by atoms with van der Waals surface area (Å²) in [5.74, 6) is 0.876. The third kappa shape index (κ3) is 3.26. The smallest absolute Gasteiger partial charge is 0.226 e. The topological polar surface area (TPSA) is 71.2 Å². The number of nitrogens with zero attached hydrogens (tertiary/aromatic N) is 2. The third-order valence-corrected chi connectivity index (χ3v) is 5.57. The third-order valence-electron chi connectivity index (χ3n) is 5.57. The van der Waals surface area contributed by atoms with Gasteiger partial charge in [-0.2, -0.15) is 0 Å². The number of piperidine rings is 1. The van der Waals surface area contributed by atoms with E-state index in [-0.39, 0.29) is 23.4 Å². The van der Waals surface area contributed by atoms with Gasteiger partial charge in [0.1, 0.15) is 0 Å². The highest BCUT2D eigenvalue weighted by Gasteiger charge is 2.48. The van der Waals surface area contributed by atoms with Crippen LogP contribution < -0.4 is 11.1 Å². The van der Waals surface area contributed by atoms with Gasteiger partial charge in [0.25, 0.3) is 0 Å². The fourth-order valence-corrected chi connectivity index (χ4v) is 3.69. The lowest BCUT2D eigenvalue weighted by Crippen LogP contribution is -2.54. The summed E-state index contributed by atoms with van der Waals surface area (Å²) in [6.07, 6.45) is 7.37. The molecule has 0 aromatic carbocycles. The van der Waals surface area contributed by atoms with Crippen LogP contribution in [-0.4, -0.2) is 41.5 Å². The quantitative estimate of drug-likeness (QED) is 0.858. The Balaban J connectivity index is 1.41. The molecule has 4 rings (SSSR count). The van der Waals surface area contributed by atoms with Crippen molar-refractivity contribution < 1.29 is 4.79 Å². The van der Waals surface area contributed by atoms with Crippen LogP contribution in [0.2, 0.25) is 0 Å². The molecule has 124 valence electrons. The highest BCUT2D eigenvalue weighted by molar-refractivity contribution is 5.81. The van der Waals surface area contributed by atoms with Gasteiger partial charge in [0.15, 0.2) is 0 Å². The van der Waals surface area contributed by atoms with Crippen molar-refractivity contribution >= 4 is 5.91 Å². The molecule has 1 aromatic rings. The normalized spacial score (nSPS) is 30.0. The van der Waals surface area contributed by atoms with Gasteiger partial charge in [-0.15, -0.1) is 0 Å². The van der Waals surface area contributed by atoms with Gasteiger partial charge >= 0.3 is 0 Å². The number of pyridine rings is 1. The van der Waals surface area contributed by atoms with E-state index in [1.54, 1.807) is 6.20 Å². The lowest BCUT2D eigenvalue weighted by Gasteiger charge is -2.36. The van der Waals surface area contributed by atoms with E-state index < -0.39 is 0 Å². The molecule has 0 bridgehead atoms. The molecule has 0 radical (unpaired) electrons. The first-order chi connectivity index (χ1) is 11.2. The van der Waals surface area contributed by atoms with E-state index in [0.717, 1.165) is 50.5 Å². The van der Waals surface area contributed by atoms with Gasteiger partial charge in [0.2, 0.25) is 5.91 Å². The summed E-state index contributed by atoms with van der Waals surface area (Å²) in [5, 5.41) is 3.27. The first-order valence-corrected chi connectivity index (χ1v) is 8.88. The van der Waals surface area contributed by atoms with Crippen molar-refractivity contribution in [3.05, 3.63) is 30.1 Å². The molecule has 0 spiro atoms. The van der Waals surface area contributed by atoms with Crippen molar-refractivity contribution in [2.75, 3.05) is 19.6 Å². The van der Waals surface area contributed by atoms with E-state index in [9.17, 15) is 4.79 Å². The van der Waals surface area contributed by atoms with Crippen LogP contribution in [0.15, 0.2) is 24.4 Å². The number of nitrogens with one attached hydrogen (secondary N) is 1. The fraction of sp³-hybridized carbons (Fsp3) is 0.667. The van der Waals surface area contributed by atoms with Crippen molar-refractivity contribution in [2.24, 2.45) is 17.6 Å². The molecule has 3 fully saturated rings. The van der Waals surface area contributed by atoms with E-state index in [0.29, 0.717) is 0 Å². The maximum absolute atomic E-state index is 12.8. The predicted octanol–water partition coefficient (Wildman–Crippen LogP) is 1.25. The SMILES string of the molecule is NC1CCN(CC2CC2)CC1C(=O)NC1(c2ccccn2)CC1. The van der Waals surface area contributed by atoms with Crippen LogP contribution in [-0.2, 0) is 10.3 Å². The molecule has 3 aliphatic rings. The molecule has 23 heavy (non-hydrogen) atoms. The summed E-state index contributed by atoms with van der Waals surface area (Å²) in [6, 6.07) is 5.88. The van der Waals surface area contributed by atoms with Crippen molar-refractivity contribution in [1.82, 2.24) is 15.2 Å². The second-order valence-electron chi connectivity index (χ2n) is 7.55. The fourth-order valence-electron chi connectivity index (χ4n) is 3.69. The summed E-state index contributed by atoms with van der Waals surface area (Å²) >= 11 is 0. The summed E-state index contributed by atoms with van der Waals surface area (Å²) in [4.78, 5) is 19.7. The molecule has 1 aliphatic heterocycles. The second kappa shape index (κ2) is 5.87. The molecule has 2 aliphatic carbocycles. The lowest BCUT2D eigenvalue weighted by molar-refractivity contribution is -0.128. The van der Waals surface area contributed by atoms with Gasteiger partial charge in [-0.3, -0.25) is 9.78 Å². The Hall–Kier alpha value is -1.46. The van der Waals surface area contributed by atoms with Crippen LogP contribution >= 0.6 is 0 Å². The number of rotatable bonds is 5. The van der Waals surface area contributed by atoms with Crippen LogP contribution in [0.3, 0.4) is 0 Å². The summed E-state index contributed by atoms with van der Waals surface area (Å²) < 4.78 is 0. The summed E-state index contributed by atoms with van der Waals surface area (Å²) in [7, 11) is 0. The minimum atomic E-state index is -0.239. The van der Waals surface area contributed by atoms with Crippen molar-refractivity contribution in [1.29, 1.82) is 0 Å². The van der Waals surface area contributed by atoms with Crippen molar-refractivity contribution in [3.63, 3.8) is 0 Å². The van der Waals surface area contributed by atoms with Crippen LogP contribution in [0.4, 0.5) is 0 Å². The van der Waals surface area contributed by atoms with E-state index in [1.165, 1.54) is 12.8 Å². The summed E-state index contributed by atoms with van der Waals surface area (Å²) in [6.45, 7) is 2.98. The van der Waals surface area contributed by atoms with Crippen LogP contribution in [0.5, 0.6) is 0 Å². The zero-order chi connectivity index (χ0) is 15.9. The van der Waals surface area contributed by atoms with Crippen LogP contribution in [0.1, 0.15) is 37.8 Å². The molecule has 1 amide bonds. The number of carbonyl (C=O) groups is 1. The number of amides is 1. The maximum atomic E-state index is 12.8. The Morgan fingerprint density at radius 3 is 2.83 bits per heavy atom. The first-order valence-electron chi connectivity index (χ1n) is 8.88. The molecular formula is C18H26N4O. The zero-order valence-electron chi connectivity index (χ0n) is 13.6. The standard InChI is InChI=1S/C18H26N4O/c19-15-6-10-22(11-13-4-5-13)12-14(15)17(23)21-18(7-8-18)16-3-1-2-9-20-16/h1-3,9,13-15H,4-8,10-12,19H2,(H,21,23). The van der Waals surface area contributed by atoms with Gasteiger partial charge in [0, 0.05) is 25.3 Å². The predicted molar refractivity (Wildman–Crippen MR) is 88.5 cm³/mol. The number of carbonyl (C=O) groups excluding carboxylic acids is 1. The van der Waals surface area contributed by atoms with E-state index in [4.69, 9.17) is 5.73 Å². The summed E-state index contributed by atoms with van der Waals surface area (Å²) in [5.41, 5.74) is 7.00. The van der Waals surface area contributed by atoms with Gasteiger partial charge in [-0.25, -0.2) is 0 Å². The first kappa shape index (κ1) is 15.1. The van der Waals surface area contributed by atoms with E-state index in [2.05, 4.69) is 15.2 Å². The number of aromatic nitrogens is 1. The number of hydrogen-bond donors (Lipinski definition) is 2. The van der Waals surface area contributed by atoms with Crippen LogP contribution in [0, 0.1) is 11.8 Å². The van der Waals surface area contributed by atoms with Crippen LogP contribution in [0.25, 0.3) is 0 Å². The van der Waals surface area contributed by atoms with E-state index in [1.807, 2.05) is 18.2 Å². The molecule has 2 saturated carbocycles. The Labute approximate surface area is 137 Å². The monoisotopic (exact) mass is 314 g/mol. The zero-order valence-corrected chi connectivity index (χ0v) is 13.6. The highest BCUT2D eigenvalue weighted by Crippen LogP contribution is 2.44. The molecule has 2 unspecified atom stereocenters. The average Bonchev–Trinajstić information content (AvgIpc) is 3.47. The van der Waals surface area contributed by atoms with Gasteiger partial charge < -0.3 is 16.0 Å². The lowest BCUT2D eigenvalue weighted by atomic mass is 9.91. The van der Waals surface area contributed by atoms with Crippen molar-refractivity contribution in [3.8, 4) is 0 Å². The largest absolute Gasteiger partial charge is 0.345 e. The maximum Gasteiger partial charge on any atom is 0.226 e. The Kier molecular flexibility index (Phi) is 3.85. The molecule has 1 saturated heterocycles. The van der Waals surface area contributed by atoms with Gasteiger partial charge in [-0.05, 0) is 56.7 Å². The molecule has 1 aromatic heterocycles. The molecule has 2 atom stereocenters. The minimum absolute atomic E-state index is 0.0232. The molecule has 5 nitrogen and oxygen atoms in total. The Bertz CT molecular complexity index is 568. The minimum Gasteiger partial charge on any atom is -0.345 e. The van der Waals surface area contributed by atoms with Crippen molar-refractivity contribution in [2.45, 2.75) is 43.7 Å². The Morgan fingerprint density at radius 2 is 2.17 bits per heavy atom. The molecular weight excluding hydrogens is 288 g/mol.